The Morgan fingerprint density at radius 2 is 1.79 bits per heavy atom. The molecular weight excluding hydrogens is 547 g/mol. The Morgan fingerprint density at radius 1 is 1.09 bits per heavy atom. The summed E-state index contributed by atoms with van der Waals surface area (Å²) in [6, 6.07) is 20.9. The summed E-state index contributed by atoms with van der Waals surface area (Å²) < 4.78 is 12.5. The number of nitriles is 1. The van der Waals surface area contributed by atoms with Gasteiger partial charge in [-0.1, -0.05) is 30.3 Å². The highest BCUT2D eigenvalue weighted by Crippen LogP contribution is 2.35. The molecule has 2 N–H and O–H groups in total. The number of hydrogen-bond acceptors (Lipinski definition) is 5. The van der Waals surface area contributed by atoms with Gasteiger partial charge in [0.15, 0.2) is 11.5 Å². The van der Waals surface area contributed by atoms with Crippen molar-refractivity contribution < 1.29 is 24.2 Å². The highest BCUT2D eigenvalue weighted by atomic mass is 127. The molecule has 7 nitrogen and oxygen atoms in total. The minimum absolute atomic E-state index is 0.0987. The van der Waals surface area contributed by atoms with Crippen LogP contribution < -0.4 is 14.8 Å². The number of halogens is 1. The first kappa shape index (κ1) is 24.8. The third kappa shape index (κ3) is 6.59. The first-order valence-electron chi connectivity index (χ1n) is 10.3. The number of nitrogens with zero attached hydrogens (tertiary/aromatic N) is 1. The van der Waals surface area contributed by atoms with E-state index in [1.807, 2.05) is 43.3 Å². The maximum Gasteiger partial charge on any atom is 0.335 e. The van der Waals surface area contributed by atoms with Gasteiger partial charge in [-0.25, -0.2) is 4.79 Å². The van der Waals surface area contributed by atoms with Crippen molar-refractivity contribution in [2.75, 3.05) is 11.9 Å². The first-order valence-corrected chi connectivity index (χ1v) is 11.4. The maximum absolute atomic E-state index is 12.6. The van der Waals surface area contributed by atoms with Crippen LogP contribution in [-0.4, -0.2) is 23.6 Å². The average molecular weight is 568 g/mol. The monoisotopic (exact) mass is 568 g/mol. The number of carboxylic acids is 1. The van der Waals surface area contributed by atoms with E-state index in [1.54, 1.807) is 12.1 Å². The number of hydrogen-bond donors (Lipinski definition) is 2. The molecular formula is C26H21IN2O5. The summed E-state index contributed by atoms with van der Waals surface area (Å²) in [4.78, 5) is 23.6. The lowest BCUT2D eigenvalue weighted by atomic mass is 10.1. The second kappa shape index (κ2) is 11.9. The van der Waals surface area contributed by atoms with Crippen LogP contribution in [0.2, 0.25) is 0 Å². The third-order valence-electron chi connectivity index (χ3n) is 4.62. The van der Waals surface area contributed by atoms with E-state index in [1.165, 1.54) is 30.3 Å². The van der Waals surface area contributed by atoms with Gasteiger partial charge in [-0.2, -0.15) is 5.26 Å². The molecule has 0 aliphatic carbocycles. The zero-order valence-corrected chi connectivity index (χ0v) is 20.4. The molecule has 3 aromatic carbocycles. The van der Waals surface area contributed by atoms with Gasteiger partial charge < -0.3 is 19.9 Å². The Labute approximate surface area is 210 Å². The number of carboxylic acid groups (broad SMARTS) is 1. The van der Waals surface area contributed by atoms with Crippen LogP contribution in [0.15, 0.2) is 72.3 Å². The van der Waals surface area contributed by atoms with Crippen LogP contribution in [0.25, 0.3) is 6.08 Å². The lowest BCUT2D eigenvalue weighted by molar-refractivity contribution is -0.112. The average Bonchev–Trinajstić information content (AvgIpc) is 2.83. The summed E-state index contributed by atoms with van der Waals surface area (Å²) in [7, 11) is 0. The SMILES string of the molecule is CCOc1cc(/C=C(\C#N)C(=O)Nc2ccc(C(=O)O)cc2)cc(I)c1OCc1ccccc1. The quantitative estimate of drug-likeness (QED) is 0.200. The molecule has 0 radical (unpaired) electrons. The van der Waals surface area contributed by atoms with Crippen LogP contribution in [0, 0.1) is 14.9 Å². The van der Waals surface area contributed by atoms with Gasteiger partial charge in [0.2, 0.25) is 0 Å². The molecule has 0 saturated carbocycles. The topological polar surface area (TPSA) is 109 Å². The predicted octanol–water partition coefficient (Wildman–Crippen LogP) is 5.51. The molecule has 8 heteroatoms. The summed E-state index contributed by atoms with van der Waals surface area (Å²) in [5.41, 5.74) is 1.99. The largest absolute Gasteiger partial charge is 0.490 e. The number of aromatic carboxylic acids is 1. The van der Waals surface area contributed by atoms with Gasteiger partial charge in [0.05, 0.1) is 15.7 Å². The molecule has 0 bridgehead atoms. The van der Waals surface area contributed by atoms with E-state index >= 15 is 0 Å². The molecule has 0 aliphatic heterocycles. The molecule has 0 unspecified atom stereocenters. The van der Waals surface area contributed by atoms with E-state index in [9.17, 15) is 14.9 Å². The van der Waals surface area contributed by atoms with Crippen LogP contribution >= 0.6 is 22.6 Å². The number of carbonyl (C=O) groups is 2. The molecule has 172 valence electrons. The Kier molecular flexibility index (Phi) is 8.65. The van der Waals surface area contributed by atoms with Gasteiger partial charge >= 0.3 is 5.97 Å². The van der Waals surface area contributed by atoms with E-state index in [0.29, 0.717) is 36.0 Å². The number of nitrogens with one attached hydrogen (secondary N) is 1. The molecule has 0 atom stereocenters. The number of carbonyl (C=O) groups excluding carboxylic acids is 1. The minimum atomic E-state index is -1.06. The van der Waals surface area contributed by atoms with Crippen molar-refractivity contribution in [2.45, 2.75) is 13.5 Å². The summed E-state index contributed by atoms with van der Waals surface area (Å²) in [5.74, 6) is -0.571. The summed E-state index contributed by atoms with van der Waals surface area (Å²) in [5, 5.41) is 21.1. The van der Waals surface area contributed by atoms with Gasteiger partial charge in [-0.3, -0.25) is 4.79 Å². The van der Waals surface area contributed by atoms with Crippen molar-refractivity contribution in [1.82, 2.24) is 0 Å². The molecule has 3 aromatic rings. The fourth-order valence-corrected chi connectivity index (χ4v) is 3.79. The van der Waals surface area contributed by atoms with Crippen LogP contribution in [0.1, 0.15) is 28.4 Å². The number of benzene rings is 3. The zero-order valence-electron chi connectivity index (χ0n) is 18.2. The molecule has 0 heterocycles. The van der Waals surface area contributed by atoms with E-state index in [-0.39, 0.29) is 11.1 Å². The molecule has 0 saturated heterocycles. The predicted molar refractivity (Wildman–Crippen MR) is 137 cm³/mol. The fourth-order valence-electron chi connectivity index (χ4n) is 3.01. The molecule has 0 spiro atoms. The van der Waals surface area contributed by atoms with Gasteiger partial charge in [0, 0.05) is 5.69 Å². The van der Waals surface area contributed by atoms with Gasteiger partial charge in [0.1, 0.15) is 18.2 Å². The Morgan fingerprint density at radius 3 is 2.41 bits per heavy atom. The van der Waals surface area contributed by atoms with Crippen LogP contribution in [-0.2, 0) is 11.4 Å². The molecule has 34 heavy (non-hydrogen) atoms. The van der Waals surface area contributed by atoms with Crippen LogP contribution in [0.3, 0.4) is 0 Å². The Bertz CT molecular complexity index is 1250. The van der Waals surface area contributed by atoms with Crippen molar-refractivity contribution in [1.29, 1.82) is 5.26 Å². The van der Waals surface area contributed by atoms with E-state index in [0.717, 1.165) is 9.13 Å². The molecule has 0 fully saturated rings. The standard InChI is InChI=1S/C26H21IN2O5/c1-2-33-23-14-18(13-22(27)24(23)34-16-17-6-4-3-5-7-17)12-20(15-28)25(30)29-21-10-8-19(9-11-21)26(31)32/h3-14H,2,16H2,1H3,(H,29,30)(H,31,32)/b20-12+. The zero-order chi connectivity index (χ0) is 24.5. The van der Waals surface area contributed by atoms with Crippen molar-refractivity contribution >= 4 is 46.2 Å². The summed E-state index contributed by atoms with van der Waals surface area (Å²) in [6.07, 6.45) is 1.46. The van der Waals surface area contributed by atoms with Gasteiger partial charge in [-0.05, 0) is 83.1 Å². The normalized spacial score (nSPS) is 10.8. The van der Waals surface area contributed by atoms with Crippen molar-refractivity contribution in [3.05, 3.63) is 92.6 Å². The summed E-state index contributed by atoms with van der Waals surface area (Å²) >= 11 is 2.13. The Hall–Kier alpha value is -3.84. The number of ether oxygens (including phenoxy) is 2. The first-order chi connectivity index (χ1) is 16.4. The minimum Gasteiger partial charge on any atom is -0.490 e. The van der Waals surface area contributed by atoms with Gasteiger partial charge in [-0.15, -0.1) is 0 Å². The lowest BCUT2D eigenvalue weighted by Crippen LogP contribution is -2.13. The lowest BCUT2D eigenvalue weighted by Gasteiger charge is -2.15. The molecule has 0 aromatic heterocycles. The Balaban J connectivity index is 1.82. The number of anilines is 1. The van der Waals surface area contributed by atoms with Crippen molar-refractivity contribution in [2.24, 2.45) is 0 Å². The molecule has 0 aliphatic rings. The van der Waals surface area contributed by atoms with Crippen molar-refractivity contribution in [3.8, 4) is 17.6 Å². The maximum atomic E-state index is 12.6. The van der Waals surface area contributed by atoms with E-state index in [4.69, 9.17) is 14.6 Å². The summed E-state index contributed by atoms with van der Waals surface area (Å²) in [6.45, 7) is 2.65. The highest BCUT2D eigenvalue weighted by Gasteiger charge is 2.15. The fraction of sp³-hybridized carbons (Fsp3) is 0.115. The highest BCUT2D eigenvalue weighted by molar-refractivity contribution is 14.1. The van der Waals surface area contributed by atoms with Crippen molar-refractivity contribution in [3.63, 3.8) is 0 Å². The van der Waals surface area contributed by atoms with Gasteiger partial charge in [0.25, 0.3) is 5.91 Å². The van der Waals surface area contributed by atoms with E-state index in [2.05, 4.69) is 27.9 Å². The molecule has 3 rings (SSSR count). The second-order valence-electron chi connectivity index (χ2n) is 7.04. The van der Waals surface area contributed by atoms with E-state index < -0.39 is 11.9 Å². The number of amides is 1. The van der Waals surface area contributed by atoms with Crippen LogP contribution in [0.5, 0.6) is 11.5 Å². The number of rotatable bonds is 9. The third-order valence-corrected chi connectivity index (χ3v) is 5.42. The van der Waals surface area contributed by atoms with Crippen LogP contribution in [0.4, 0.5) is 5.69 Å². The molecule has 1 amide bonds. The second-order valence-corrected chi connectivity index (χ2v) is 8.21. The smallest absolute Gasteiger partial charge is 0.335 e.